The Morgan fingerprint density at radius 3 is 2.65 bits per heavy atom. The van der Waals surface area contributed by atoms with E-state index in [9.17, 15) is 10.1 Å². The van der Waals surface area contributed by atoms with Gasteiger partial charge in [-0.15, -0.1) is 0 Å². The van der Waals surface area contributed by atoms with Gasteiger partial charge < -0.3 is 15.3 Å². The zero-order valence-electron chi connectivity index (χ0n) is 14.5. The summed E-state index contributed by atoms with van der Waals surface area (Å²) in [4.78, 5) is 14.5. The largest absolute Gasteiger partial charge is 0.392 e. The lowest BCUT2D eigenvalue weighted by Gasteiger charge is -2.29. The van der Waals surface area contributed by atoms with Crippen LogP contribution in [0.3, 0.4) is 0 Å². The summed E-state index contributed by atoms with van der Waals surface area (Å²) >= 11 is 0. The van der Waals surface area contributed by atoms with Gasteiger partial charge in [-0.1, -0.05) is 42.5 Å². The normalized spacial score (nSPS) is 13.7. The molecule has 0 aliphatic carbocycles. The molecule has 1 aliphatic rings. The molecule has 0 aromatic heterocycles. The highest BCUT2D eigenvalue weighted by Crippen LogP contribution is 2.27. The monoisotopic (exact) mass is 347 g/mol. The number of benzene rings is 2. The summed E-state index contributed by atoms with van der Waals surface area (Å²) in [6, 6.07) is 17.4. The molecule has 0 saturated heterocycles. The van der Waals surface area contributed by atoms with Crippen LogP contribution in [0.25, 0.3) is 0 Å². The molecule has 2 aromatic carbocycles. The second-order valence-corrected chi connectivity index (χ2v) is 6.21. The Morgan fingerprint density at radius 1 is 1.19 bits per heavy atom. The first-order chi connectivity index (χ1) is 12.7. The quantitative estimate of drug-likeness (QED) is 0.644. The first-order valence-corrected chi connectivity index (χ1v) is 8.65. The number of aliphatic hydroxyl groups is 1. The van der Waals surface area contributed by atoms with Gasteiger partial charge in [0.15, 0.2) is 0 Å². The van der Waals surface area contributed by atoms with E-state index in [2.05, 4.69) is 5.32 Å². The van der Waals surface area contributed by atoms with Gasteiger partial charge in [0, 0.05) is 25.0 Å². The molecule has 2 N–H and O–H groups in total. The minimum Gasteiger partial charge on any atom is -0.392 e. The van der Waals surface area contributed by atoms with Crippen molar-refractivity contribution < 1.29 is 9.90 Å². The number of hydrogen-bond donors (Lipinski definition) is 2. The van der Waals surface area contributed by atoms with E-state index in [-0.39, 0.29) is 18.1 Å². The number of amides is 1. The highest BCUT2D eigenvalue weighted by Gasteiger charge is 2.24. The van der Waals surface area contributed by atoms with Crippen LogP contribution in [0.15, 0.2) is 60.3 Å². The van der Waals surface area contributed by atoms with Crippen LogP contribution in [-0.4, -0.2) is 17.6 Å². The van der Waals surface area contributed by atoms with Crippen molar-refractivity contribution in [3.8, 4) is 6.07 Å². The summed E-state index contributed by atoms with van der Waals surface area (Å²) in [6.07, 6.45) is 3.33. The molecule has 0 bridgehead atoms. The molecule has 0 fully saturated rings. The average molecular weight is 347 g/mol. The number of carbonyl (C=O) groups excluding carboxylic acids is 1. The van der Waals surface area contributed by atoms with E-state index in [4.69, 9.17) is 5.11 Å². The maximum absolute atomic E-state index is 12.8. The third-order valence-electron chi connectivity index (χ3n) is 4.46. The number of para-hydroxylation sites is 1. The fourth-order valence-corrected chi connectivity index (χ4v) is 3.07. The zero-order valence-corrected chi connectivity index (χ0v) is 14.5. The third-order valence-corrected chi connectivity index (χ3v) is 4.46. The number of aryl methyl sites for hydroxylation is 1. The van der Waals surface area contributed by atoms with Crippen molar-refractivity contribution in [3.63, 3.8) is 0 Å². The first kappa shape index (κ1) is 17.7. The van der Waals surface area contributed by atoms with E-state index in [1.54, 1.807) is 4.90 Å². The number of fused-ring (bicyclic) bond motifs is 1. The molecule has 26 heavy (non-hydrogen) atoms. The van der Waals surface area contributed by atoms with Gasteiger partial charge in [-0.2, -0.15) is 5.26 Å². The number of carbonyl (C=O) groups is 1. The second kappa shape index (κ2) is 8.32. The van der Waals surface area contributed by atoms with Gasteiger partial charge in [-0.3, -0.25) is 4.79 Å². The van der Waals surface area contributed by atoms with Crippen LogP contribution in [0.1, 0.15) is 23.1 Å². The molecule has 0 spiro atoms. The minimum atomic E-state index is -0.275. The SMILES string of the molecule is N#C/C(=C/NCc1ccc(CO)cc1)C(=O)N1CCCc2ccccc21. The average Bonchev–Trinajstić information content (AvgIpc) is 2.71. The highest BCUT2D eigenvalue weighted by molar-refractivity contribution is 6.08. The lowest BCUT2D eigenvalue weighted by Crippen LogP contribution is -2.36. The summed E-state index contributed by atoms with van der Waals surface area (Å²) in [6.45, 7) is 1.14. The Bertz CT molecular complexity index is 850. The van der Waals surface area contributed by atoms with E-state index < -0.39 is 0 Å². The van der Waals surface area contributed by atoms with Gasteiger partial charge in [-0.05, 0) is 35.6 Å². The van der Waals surface area contributed by atoms with Gasteiger partial charge in [0.1, 0.15) is 11.6 Å². The van der Waals surface area contributed by atoms with Crippen LogP contribution >= 0.6 is 0 Å². The van der Waals surface area contributed by atoms with Crippen molar-refractivity contribution in [1.82, 2.24) is 5.32 Å². The van der Waals surface area contributed by atoms with Crippen LogP contribution in [0.5, 0.6) is 0 Å². The van der Waals surface area contributed by atoms with Crippen LogP contribution < -0.4 is 10.2 Å². The molecule has 5 heteroatoms. The Hall–Kier alpha value is -3.10. The molecule has 0 radical (unpaired) electrons. The van der Waals surface area contributed by atoms with Crippen molar-refractivity contribution >= 4 is 11.6 Å². The topological polar surface area (TPSA) is 76.4 Å². The number of anilines is 1. The van der Waals surface area contributed by atoms with Crippen LogP contribution in [0.2, 0.25) is 0 Å². The lowest BCUT2D eigenvalue weighted by molar-refractivity contribution is -0.114. The zero-order chi connectivity index (χ0) is 18.4. The predicted octanol–water partition coefficient (Wildman–Crippen LogP) is 2.66. The Balaban J connectivity index is 1.69. The van der Waals surface area contributed by atoms with E-state index in [1.807, 2.05) is 54.6 Å². The number of nitriles is 1. The summed E-state index contributed by atoms with van der Waals surface area (Å²) < 4.78 is 0. The van der Waals surface area contributed by atoms with Gasteiger partial charge in [0.25, 0.3) is 5.91 Å². The Morgan fingerprint density at radius 2 is 1.92 bits per heavy atom. The molecular formula is C21H21N3O2. The Kier molecular flexibility index (Phi) is 5.67. The lowest BCUT2D eigenvalue weighted by atomic mass is 10.0. The van der Waals surface area contributed by atoms with Crippen molar-refractivity contribution in [2.45, 2.75) is 26.0 Å². The van der Waals surface area contributed by atoms with E-state index in [0.29, 0.717) is 13.1 Å². The maximum atomic E-state index is 12.8. The van der Waals surface area contributed by atoms with E-state index in [0.717, 1.165) is 35.2 Å². The summed E-state index contributed by atoms with van der Waals surface area (Å²) in [5, 5.41) is 21.5. The van der Waals surface area contributed by atoms with E-state index in [1.165, 1.54) is 6.20 Å². The number of nitrogens with zero attached hydrogens (tertiary/aromatic N) is 2. The van der Waals surface area contributed by atoms with Crippen LogP contribution in [0, 0.1) is 11.3 Å². The predicted molar refractivity (Wildman–Crippen MR) is 100 cm³/mol. The van der Waals surface area contributed by atoms with Gasteiger partial charge in [0.05, 0.1) is 6.61 Å². The molecular weight excluding hydrogens is 326 g/mol. The summed E-state index contributed by atoms with van der Waals surface area (Å²) in [5.41, 5.74) is 3.98. The van der Waals surface area contributed by atoms with Gasteiger partial charge >= 0.3 is 0 Å². The van der Waals surface area contributed by atoms with Crippen molar-refractivity contribution in [2.75, 3.05) is 11.4 Å². The minimum absolute atomic E-state index is 0.0119. The maximum Gasteiger partial charge on any atom is 0.270 e. The van der Waals surface area contributed by atoms with Gasteiger partial charge in [0.2, 0.25) is 0 Å². The molecule has 5 nitrogen and oxygen atoms in total. The van der Waals surface area contributed by atoms with Crippen molar-refractivity contribution in [2.24, 2.45) is 0 Å². The molecule has 2 aromatic rings. The molecule has 132 valence electrons. The first-order valence-electron chi connectivity index (χ1n) is 8.65. The van der Waals surface area contributed by atoms with Crippen LogP contribution in [0.4, 0.5) is 5.69 Å². The second-order valence-electron chi connectivity index (χ2n) is 6.21. The number of hydrogen-bond acceptors (Lipinski definition) is 4. The molecule has 0 unspecified atom stereocenters. The third kappa shape index (κ3) is 3.93. The number of aliphatic hydroxyl groups excluding tert-OH is 1. The fourth-order valence-electron chi connectivity index (χ4n) is 3.07. The molecule has 1 aliphatic heterocycles. The highest BCUT2D eigenvalue weighted by atomic mass is 16.3. The molecule has 3 rings (SSSR count). The van der Waals surface area contributed by atoms with E-state index >= 15 is 0 Å². The number of rotatable bonds is 5. The smallest absolute Gasteiger partial charge is 0.270 e. The fraction of sp³-hybridized carbons (Fsp3) is 0.238. The molecule has 0 atom stereocenters. The molecule has 1 heterocycles. The molecule has 0 saturated carbocycles. The Labute approximate surface area is 153 Å². The van der Waals surface area contributed by atoms with Gasteiger partial charge in [-0.25, -0.2) is 0 Å². The van der Waals surface area contributed by atoms with Crippen LogP contribution in [-0.2, 0) is 24.4 Å². The van der Waals surface area contributed by atoms with Crippen molar-refractivity contribution in [1.29, 1.82) is 5.26 Å². The standard InChI is InChI=1S/C21H21N3O2/c22-12-19(14-23-13-16-7-9-17(15-25)10-8-16)21(26)24-11-3-5-18-4-1-2-6-20(18)24/h1-2,4,6-10,14,23,25H,3,5,11,13,15H2/b19-14-. The molecule has 1 amide bonds. The summed E-state index contributed by atoms with van der Waals surface area (Å²) in [7, 11) is 0. The van der Waals surface area contributed by atoms with Crippen molar-refractivity contribution in [3.05, 3.63) is 77.0 Å². The number of nitrogens with one attached hydrogen (secondary N) is 1. The summed E-state index contributed by atoms with van der Waals surface area (Å²) in [5.74, 6) is -0.275.